The van der Waals surface area contributed by atoms with Gasteiger partial charge < -0.3 is 10.6 Å². The number of carbonyl (C=O) groups excluding carboxylic acids is 1. The number of nitrogens with one attached hydrogen (secondary N) is 2. The number of sulfone groups is 1. The van der Waals surface area contributed by atoms with Crippen molar-refractivity contribution >= 4 is 15.7 Å². The van der Waals surface area contributed by atoms with Crippen LogP contribution in [0.4, 0.5) is 0 Å². The minimum absolute atomic E-state index is 0.00565. The molecular weight excluding hydrogens is 252 g/mol. The maximum atomic E-state index is 12.2. The summed E-state index contributed by atoms with van der Waals surface area (Å²) >= 11 is 0. The van der Waals surface area contributed by atoms with Crippen LogP contribution in [0.5, 0.6) is 0 Å². The van der Waals surface area contributed by atoms with Crippen LogP contribution in [0.3, 0.4) is 0 Å². The summed E-state index contributed by atoms with van der Waals surface area (Å²) in [4.78, 5) is 12.2. The average molecular weight is 274 g/mol. The lowest BCUT2D eigenvalue weighted by atomic mass is 9.80. The molecule has 2 N–H and O–H groups in total. The van der Waals surface area contributed by atoms with Crippen molar-refractivity contribution in [3.8, 4) is 0 Å². The Hall–Kier alpha value is -0.620. The summed E-state index contributed by atoms with van der Waals surface area (Å²) in [6, 6.07) is 0. The zero-order valence-electron chi connectivity index (χ0n) is 10.9. The molecule has 0 aromatic carbocycles. The van der Waals surface area contributed by atoms with E-state index in [2.05, 4.69) is 10.6 Å². The Kier molecular flexibility index (Phi) is 3.96. The normalized spacial score (nSPS) is 29.9. The van der Waals surface area contributed by atoms with Gasteiger partial charge in [0.2, 0.25) is 5.91 Å². The van der Waals surface area contributed by atoms with Crippen LogP contribution in [-0.4, -0.2) is 45.0 Å². The first kappa shape index (κ1) is 13.8. The number of rotatable bonds is 3. The summed E-state index contributed by atoms with van der Waals surface area (Å²) in [5, 5.41) is 5.71. The summed E-state index contributed by atoms with van der Waals surface area (Å²) in [5.41, 5.74) is -0.340. The van der Waals surface area contributed by atoms with Crippen LogP contribution < -0.4 is 10.6 Å². The molecule has 2 aliphatic rings. The highest BCUT2D eigenvalue weighted by Gasteiger charge is 2.36. The minimum Gasteiger partial charge on any atom is -0.354 e. The third-order valence-corrected chi connectivity index (χ3v) is 6.48. The monoisotopic (exact) mass is 274 g/mol. The fraction of sp³-hybridized carbons (Fsp3) is 0.917. The van der Waals surface area contributed by atoms with Gasteiger partial charge in [-0.2, -0.15) is 0 Å². The minimum atomic E-state index is -2.96. The highest BCUT2D eigenvalue weighted by molar-refractivity contribution is 7.92. The van der Waals surface area contributed by atoms with E-state index in [1.54, 1.807) is 0 Å². The highest BCUT2D eigenvalue weighted by atomic mass is 32.2. The molecule has 2 heterocycles. The lowest BCUT2D eigenvalue weighted by Gasteiger charge is -2.32. The van der Waals surface area contributed by atoms with Gasteiger partial charge in [0.1, 0.15) is 0 Å². The molecule has 0 aromatic rings. The Morgan fingerprint density at radius 3 is 2.61 bits per heavy atom. The van der Waals surface area contributed by atoms with Crippen molar-refractivity contribution in [3.05, 3.63) is 0 Å². The molecule has 2 aliphatic heterocycles. The third-order valence-electron chi connectivity index (χ3n) is 4.21. The summed E-state index contributed by atoms with van der Waals surface area (Å²) < 4.78 is 23.3. The van der Waals surface area contributed by atoms with Crippen LogP contribution in [0.2, 0.25) is 0 Å². The summed E-state index contributed by atoms with van der Waals surface area (Å²) in [7, 11) is -2.96. The van der Waals surface area contributed by atoms with Crippen molar-refractivity contribution in [2.45, 2.75) is 37.9 Å². The van der Waals surface area contributed by atoms with Crippen LogP contribution in [0.15, 0.2) is 0 Å². The maximum absolute atomic E-state index is 12.2. The van der Waals surface area contributed by atoms with E-state index in [-0.39, 0.29) is 28.9 Å². The van der Waals surface area contributed by atoms with Crippen LogP contribution in [0.1, 0.15) is 32.6 Å². The number of carbonyl (C=O) groups is 1. The largest absolute Gasteiger partial charge is 0.354 e. The van der Waals surface area contributed by atoms with E-state index in [1.807, 2.05) is 6.92 Å². The van der Waals surface area contributed by atoms with Gasteiger partial charge in [0, 0.05) is 12.0 Å². The van der Waals surface area contributed by atoms with E-state index >= 15 is 0 Å². The zero-order chi connectivity index (χ0) is 13.2. The lowest BCUT2D eigenvalue weighted by molar-refractivity contribution is -0.131. The lowest BCUT2D eigenvalue weighted by Crippen LogP contribution is -2.47. The molecule has 5 nitrogen and oxygen atoms in total. The van der Waals surface area contributed by atoms with E-state index in [4.69, 9.17) is 0 Å². The van der Waals surface area contributed by atoms with Gasteiger partial charge in [-0.1, -0.05) is 6.92 Å². The van der Waals surface area contributed by atoms with Crippen molar-refractivity contribution in [1.82, 2.24) is 10.6 Å². The topological polar surface area (TPSA) is 75.3 Å². The van der Waals surface area contributed by atoms with Gasteiger partial charge in [-0.15, -0.1) is 0 Å². The Labute approximate surface area is 109 Å². The van der Waals surface area contributed by atoms with Crippen LogP contribution >= 0.6 is 0 Å². The molecule has 1 amide bonds. The first-order valence-electron chi connectivity index (χ1n) is 6.65. The molecule has 104 valence electrons. The average Bonchev–Trinajstić information content (AvgIpc) is 2.66. The Balaban J connectivity index is 1.88. The standard InChI is InChI=1S/C12H22N2O3S/c1-12(4-6-13-7-5-12)11(15)14-9-10-3-2-8-18(10,16)17/h10,13H,2-9H2,1H3,(H,14,15). The first-order valence-corrected chi connectivity index (χ1v) is 8.36. The number of hydrogen-bond donors (Lipinski definition) is 2. The zero-order valence-corrected chi connectivity index (χ0v) is 11.7. The number of amides is 1. The van der Waals surface area contributed by atoms with E-state index < -0.39 is 9.84 Å². The summed E-state index contributed by atoms with van der Waals surface area (Å²) in [6.45, 7) is 3.95. The second-order valence-electron chi connectivity index (χ2n) is 5.65. The smallest absolute Gasteiger partial charge is 0.226 e. The van der Waals surface area contributed by atoms with E-state index in [9.17, 15) is 13.2 Å². The van der Waals surface area contributed by atoms with Gasteiger partial charge >= 0.3 is 0 Å². The number of piperidine rings is 1. The number of hydrogen-bond acceptors (Lipinski definition) is 4. The van der Waals surface area contributed by atoms with Crippen molar-refractivity contribution in [3.63, 3.8) is 0 Å². The van der Waals surface area contributed by atoms with Gasteiger partial charge in [0.15, 0.2) is 9.84 Å². The summed E-state index contributed by atoms with van der Waals surface area (Å²) in [6.07, 6.45) is 3.04. The molecular formula is C12H22N2O3S. The van der Waals surface area contributed by atoms with E-state index in [1.165, 1.54) is 0 Å². The van der Waals surface area contributed by atoms with Gasteiger partial charge in [-0.3, -0.25) is 4.79 Å². The Morgan fingerprint density at radius 1 is 1.39 bits per heavy atom. The highest BCUT2D eigenvalue weighted by Crippen LogP contribution is 2.28. The van der Waals surface area contributed by atoms with Crippen LogP contribution in [0, 0.1) is 5.41 Å². The molecule has 0 aromatic heterocycles. The predicted molar refractivity (Wildman–Crippen MR) is 70.0 cm³/mol. The van der Waals surface area contributed by atoms with Gasteiger partial charge in [-0.25, -0.2) is 8.42 Å². The Bertz CT molecular complexity index is 413. The molecule has 1 atom stereocenters. The van der Waals surface area contributed by atoms with Crippen molar-refractivity contribution in [2.75, 3.05) is 25.4 Å². The molecule has 0 spiro atoms. The maximum Gasteiger partial charge on any atom is 0.226 e. The molecule has 0 aliphatic carbocycles. The fourth-order valence-corrected chi connectivity index (χ4v) is 4.48. The van der Waals surface area contributed by atoms with Crippen LogP contribution in [-0.2, 0) is 14.6 Å². The molecule has 0 bridgehead atoms. The molecule has 2 fully saturated rings. The first-order chi connectivity index (χ1) is 8.44. The second kappa shape index (κ2) is 5.17. The van der Waals surface area contributed by atoms with Gasteiger partial charge in [0.05, 0.1) is 11.0 Å². The SMILES string of the molecule is CC1(C(=O)NCC2CCCS2(=O)=O)CCNCC1. The second-order valence-corrected chi connectivity index (χ2v) is 8.05. The van der Waals surface area contributed by atoms with Gasteiger partial charge in [-0.05, 0) is 38.8 Å². The molecule has 18 heavy (non-hydrogen) atoms. The molecule has 0 radical (unpaired) electrons. The van der Waals surface area contributed by atoms with Crippen molar-refractivity contribution in [2.24, 2.45) is 5.41 Å². The fourth-order valence-electron chi connectivity index (χ4n) is 2.71. The quantitative estimate of drug-likeness (QED) is 0.763. The molecule has 0 saturated carbocycles. The molecule has 6 heteroatoms. The molecule has 2 rings (SSSR count). The van der Waals surface area contributed by atoms with Crippen molar-refractivity contribution in [1.29, 1.82) is 0 Å². The third kappa shape index (κ3) is 2.85. The Morgan fingerprint density at radius 2 is 2.06 bits per heavy atom. The predicted octanol–water partition coefficient (Wildman–Crippen LogP) is 0.0695. The van der Waals surface area contributed by atoms with Crippen molar-refractivity contribution < 1.29 is 13.2 Å². The van der Waals surface area contributed by atoms with E-state index in [0.29, 0.717) is 6.42 Å². The molecule has 1 unspecified atom stereocenters. The van der Waals surface area contributed by atoms with E-state index in [0.717, 1.165) is 32.4 Å². The van der Waals surface area contributed by atoms with Crippen LogP contribution in [0.25, 0.3) is 0 Å². The molecule has 2 saturated heterocycles. The summed E-state index contributed by atoms with van der Waals surface area (Å²) in [5.74, 6) is 0.278. The van der Waals surface area contributed by atoms with Gasteiger partial charge in [0.25, 0.3) is 0 Å².